The Kier molecular flexibility index (Phi) is 10.7. The van der Waals surface area contributed by atoms with Gasteiger partial charge in [-0.25, -0.2) is 15.1 Å². The molecule has 0 aromatic heterocycles. The number of ketones is 1. The molecular weight excluding hydrogens is 521 g/mol. The van der Waals surface area contributed by atoms with Crippen molar-refractivity contribution in [3.05, 3.63) is 10.1 Å². The van der Waals surface area contributed by atoms with Gasteiger partial charge in [0.05, 0.1) is 23.4 Å². The second-order valence-electron chi connectivity index (χ2n) is 12.4. The molecule has 0 unspecified atom stereocenters. The first-order valence-electron chi connectivity index (χ1n) is 14.2. The van der Waals surface area contributed by atoms with Crippen LogP contribution in [0.2, 0.25) is 0 Å². The third-order valence-electron chi connectivity index (χ3n) is 8.86. The molecule has 4 N–H and O–H groups in total. The Morgan fingerprint density at radius 1 is 1.28 bits per heavy atom. The zero-order valence-electron chi connectivity index (χ0n) is 24.2. The minimum atomic E-state index is -0.776. The third kappa shape index (κ3) is 7.67. The summed E-state index contributed by atoms with van der Waals surface area (Å²) in [6, 6.07) is 0. The van der Waals surface area contributed by atoms with Crippen molar-refractivity contribution in [3.8, 4) is 0 Å². The monoisotopic (exact) mass is 567 g/mol. The van der Waals surface area contributed by atoms with E-state index in [0.717, 1.165) is 18.6 Å². The van der Waals surface area contributed by atoms with E-state index in [0.29, 0.717) is 42.8 Å². The number of aliphatic imine (C=N–C) groups is 1. The number of hydrogen-bond donors (Lipinski definition) is 3. The van der Waals surface area contributed by atoms with Gasteiger partial charge in [-0.3, -0.25) is 9.59 Å². The van der Waals surface area contributed by atoms with Gasteiger partial charge in [-0.05, 0) is 67.9 Å². The van der Waals surface area contributed by atoms with Crippen molar-refractivity contribution in [1.82, 2.24) is 10.7 Å². The van der Waals surface area contributed by atoms with E-state index in [2.05, 4.69) is 44.9 Å². The Labute approximate surface area is 236 Å². The van der Waals surface area contributed by atoms with Crippen LogP contribution in [-0.2, 0) is 18.9 Å². The van der Waals surface area contributed by atoms with E-state index in [-0.39, 0.29) is 53.7 Å². The number of carbonyl (C=O) groups excluding carboxylic acids is 2. The minimum Gasteiger partial charge on any atom is -0.404 e. The highest BCUT2D eigenvalue weighted by Gasteiger charge is 2.68. The van der Waals surface area contributed by atoms with Gasteiger partial charge >= 0.3 is 7.12 Å². The van der Waals surface area contributed by atoms with Crippen LogP contribution in [0.4, 0.5) is 0 Å². The van der Waals surface area contributed by atoms with E-state index in [4.69, 9.17) is 15.0 Å². The molecule has 2 bridgehead atoms. The van der Waals surface area contributed by atoms with Crippen molar-refractivity contribution < 1.29 is 23.9 Å². The lowest BCUT2D eigenvalue weighted by atomic mass is 9.43. The van der Waals surface area contributed by atoms with Crippen molar-refractivity contribution in [2.75, 3.05) is 18.1 Å². The number of nitro groups is 1. The zero-order valence-corrected chi connectivity index (χ0v) is 25.1. The predicted octanol–water partition coefficient (Wildman–Crippen LogP) is 2.99. The highest BCUT2D eigenvalue weighted by atomic mass is 32.2. The van der Waals surface area contributed by atoms with Gasteiger partial charge in [-0.2, -0.15) is 11.8 Å². The van der Waals surface area contributed by atoms with Crippen LogP contribution in [0.5, 0.6) is 0 Å². The lowest BCUT2D eigenvalue weighted by molar-refractivity contribution is -0.525. The molecule has 0 aromatic carbocycles. The largest absolute Gasteiger partial charge is 0.481 e. The molecule has 13 heteroatoms. The maximum atomic E-state index is 13.6. The number of amides is 1. The summed E-state index contributed by atoms with van der Waals surface area (Å²) in [5, 5.41) is 12.9. The maximum absolute atomic E-state index is 13.6. The molecule has 6 atom stereocenters. The van der Waals surface area contributed by atoms with Crippen molar-refractivity contribution in [1.29, 1.82) is 0 Å². The summed E-state index contributed by atoms with van der Waals surface area (Å²) in [6.45, 7) is 13.2. The standard InChI is InChI=1S/C26H46BN5O6S/c1-7-39-15-19(33)12-17(9-8-10-29-24(28)31-32(35)36)23(34)30-22(11-16(2)3)27-37-21-14-18-13-20(25(18,4)5)26(21,6)38-27/h16-18,20-22H,7-15H2,1-6H3,(H,30,34)(H3,28,29,31)/t17-,18+,20+,21-,22+,26+/m1/s1. The molecule has 1 amide bonds. The Morgan fingerprint density at radius 2 is 2.00 bits per heavy atom. The maximum Gasteiger partial charge on any atom is 0.481 e. The number of hydrazine groups is 1. The second-order valence-corrected chi connectivity index (χ2v) is 13.7. The smallest absolute Gasteiger partial charge is 0.404 e. The molecule has 4 fully saturated rings. The Morgan fingerprint density at radius 3 is 2.62 bits per heavy atom. The van der Waals surface area contributed by atoms with Gasteiger partial charge in [0, 0.05) is 18.9 Å². The fourth-order valence-corrected chi connectivity index (χ4v) is 7.21. The molecule has 0 spiro atoms. The summed E-state index contributed by atoms with van der Waals surface area (Å²) in [4.78, 5) is 40.7. The number of rotatable bonds is 15. The Balaban J connectivity index is 1.68. The first-order chi connectivity index (χ1) is 18.3. The fourth-order valence-electron chi connectivity index (χ4n) is 6.66. The van der Waals surface area contributed by atoms with Gasteiger partial charge in [0.15, 0.2) is 5.03 Å². The van der Waals surface area contributed by atoms with Crippen LogP contribution in [0.1, 0.15) is 80.1 Å². The van der Waals surface area contributed by atoms with Gasteiger partial charge in [0.1, 0.15) is 5.78 Å². The summed E-state index contributed by atoms with van der Waals surface area (Å²) in [6.07, 6.45) is 3.83. The molecule has 0 radical (unpaired) electrons. The summed E-state index contributed by atoms with van der Waals surface area (Å²) >= 11 is 1.53. The fraction of sp³-hybridized carbons (Fsp3) is 0.885. The van der Waals surface area contributed by atoms with Crippen LogP contribution >= 0.6 is 11.8 Å². The Bertz CT molecular complexity index is 937. The van der Waals surface area contributed by atoms with Crippen molar-refractivity contribution >= 4 is 36.5 Å². The van der Waals surface area contributed by atoms with Crippen molar-refractivity contribution in [2.45, 2.75) is 97.7 Å². The van der Waals surface area contributed by atoms with Crippen LogP contribution in [0.25, 0.3) is 0 Å². The molecule has 1 saturated heterocycles. The van der Waals surface area contributed by atoms with Crippen LogP contribution < -0.4 is 16.5 Å². The van der Waals surface area contributed by atoms with E-state index in [1.54, 1.807) is 5.43 Å². The molecule has 220 valence electrons. The minimum absolute atomic E-state index is 0.0189. The van der Waals surface area contributed by atoms with Crippen LogP contribution in [0, 0.1) is 39.2 Å². The zero-order chi connectivity index (χ0) is 29.0. The summed E-state index contributed by atoms with van der Waals surface area (Å²) in [7, 11) is -0.536. The number of nitrogens with zero attached hydrogens (tertiary/aromatic N) is 2. The van der Waals surface area contributed by atoms with Crippen molar-refractivity contribution in [3.63, 3.8) is 0 Å². The van der Waals surface area contributed by atoms with Gasteiger partial charge in [-0.15, -0.1) is 0 Å². The molecule has 1 heterocycles. The number of guanidine groups is 1. The lowest BCUT2D eigenvalue weighted by Crippen LogP contribution is -2.65. The van der Waals surface area contributed by atoms with E-state index in [1.807, 2.05) is 6.92 Å². The second kappa shape index (κ2) is 13.2. The van der Waals surface area contributed by atoms with E-state index >= 15 is 0 Å². The van der Waals surface area contributed by atoms with Gasteiger partial charge < -0.3 is 20.4 Å². The van der Waals surface area contributed by atoms with Crippen molar-refractivity contribution in [2.24, 2.45) is 39.8 Å². The average molecular weight is 568 g/mol. The van der Waals surface area contributed by atoms with Crippen LogP contribution in [-0.4, -0.2) is 65.5 Å². The molecule has 3 aliphatic carbocycles. The SMILES string of the molecule is CCSCC(=O)C[C@@H](CCCN=C(N)N[N+](=O)[O-])C(=O)N[C@@H](CC(C)C)B1O[C@@H]2C[C@@H]3C[C@@H](C3(C)C)[C@]2(C)O1. The number of nitrogens with one attached hydrogen (secondary N) is 2. The number of Topliss-reactive ketones (excluding diaryl/α,β-unsaturated/α-hetero) is 1. The van der Waals surface area contributed by atoms with Gasteiger partial charge in [0.2, 0.25) is 5.91 Å². The molecule has 1 aliphatic heterocycles. The highest BCUT2D eigenvalue weighted by molar-refractivity contribution is 7.99. The molecule has 0 aromatic rings. The Hall–Kier alpha value is -1.86. The molecule has 11 nitrogen and oxygen atoms in total. The molecular formula is C26H46BN5O6S. The number of thioether (sulfide) groups is 1. The number of hydrogen-bond acceptors (Lipinski definition) is 8. The quantitative estimate of drug-likeness (QED) is 0.0675. The molecule has 39 heavy (non-hydrogen) atoms. The third-order valence-corrected chi connectivity index (χ3v) is 9.80. The molecule has 4 rings (SSSR count). The summed E-state index contributed by atoms with van der Waals surface area (Å²) in [5.41, 5.74) is 7.15. The first-order valence-corrected chi connectivity index (χ1v) is 15.4. The molecule has 3 saturated carbocycles. The van der Waals surface area contributed by atoms with Gasteiger partial charge in [0.25, 0.3) is 5.96 Å². The normalized spacial score (nSPS) is 28.8. The predicted molar refractivity (Wildman–Crippen MR) is 153 cm³/mol. The lowest BCUT2D eigenvalue weighted by Gasteiger charge is -2.64. The van der Waals surface area contributed by atoms with E-state index < -0.39 is 18.1 Å². The first kappa shape index (κ1) is 31.7. The highest BCUT2D eigenvalue weighted by Crippen LogP contribution is 2.65. The van der Waals surface area contributed by atoms with Crippen LogP contribution in [0.3, 0.4) is 0 Å². The van der Waals surface area contributed by atoms with Crippen LogP contribution in [0.15, 0.2) is 4.99 Å². The van der Waals surface area contributed by atoms with E-state index in [9.17, 15) is 19.7 Å². The topological polar surface area (TPSA) is 158 Å². The average Bonchev–Trinajstić information content (AvgIpc) is 3.20. The summed E-state index contributed by atoms with van der Waals surface area (Å²) in [5.74, 6) is 1.20. The molecule has 4 aliphatic rings. The number of nitrogens with two attached hydrogens (primary N) is 1. The van der Waals surface area contributed by atoms with Gasteiger partial charge in [-0.1, -0.05) is 40.0 Å². The summed E-state index contributed by atoms with van der Waals surface area (Å²) < 4.78 is 13.2. The van der Waals surface area contributed by atoms with E-state index in [1.165, 1.54) is 11.8 Å². The number of carbonyl (C=O) groups is 2.